The fourth-order valence-corrected chi connectivity index (χ4v) is 1.64. The second-order valence-electron chi connectivity index (χ2n) is 2.60. The minimum absolute atomic E-state index is 0.215. The van der Waals surface area contributed by atoms with Crippen molar-refractivity contribution < 1.29 is 4.79 Å². The van der Waals surface area contributed by atoms with E-state index in [2.05, 4.69) is 5.10 Å². The molecule has 0 aliphatic rings. The van der Waals surface area contributed by atoms with Crippen LogP contribution in [0.4, 0.5) is 0 Å². The van der Waals surface area contributed by atoms with E-state index in [1.807, 2.05) is 11.4 Å². The Bertz CT molecular complexity index is 492. The van der Waals surface area contributed by atoms with Crippen LogP contribution in [-0.2, 0) is 0 Å². The first kappa shape index (κ1) is 8.66. The molecule has 0 aliphatic carbocycles. The summed E-state index contributed by atoms with van der Waals surface area (Å²) < 4.78 is 1.17. The average Bonchev–Trinajstić information content (AvgIpc) is 2.88. The second kappa shape index (κ2) is 3.44. The van der Waals surface area contributed by atoms with E-state index in [-0.39, 0.29) is 5.91 Å². The van der Waals surface area contributed by atoms with Gasteiger partial charge in [0, 0.05) is 5.38 Å². The molecule has 5 heteroatoms. The zero-order valence-electron chi connectivity index (χ0n) is 7.04. The van der Waals surface area contributed by atoms with Gasteiger partial charge in [-0.3, -0.25) is 4.79 Å². The summed E-state index contributed by atoms with van der Waals surface area (Å²) in [6.07, 6.45) is 2.78. The molecule has 0 atom stereocenters. The number of hydrogen-bond acceptors (Lipinski definition) is 4. The quantitative estimate of drug-likeness (QED) is 0.705. The van der Waals surface area contributed by atoms with Crippen LogP contribution >= 0.6 is 11.3 Å². The second-order valence-corrected chi connectivity index (χ2v) is 3.38. The maximum atomic E-state index is 11.6. The predicted molar refractivity (Wildman–Crippen MR) is 51.0 cm³/mol. The van der Waals surface area contributed by atoms with Crippen molar-refractivity contribution in [3.05, 3.63) is 40.3 Å². The Kier molecular flexibility index (Phi) is 2.13. The van der Waals surface area contributed by atoms with Crippen molar-refractivity contribution in [1.29, 1.82) is 5.26 Å². The monoisotopic (exact) mass is 203 g/mol. The Morgan fingerprint density at radius 1 is 1.64 bits per heavy atom. The Morgan fingerprint density at radius 2 is 2.50 bits per heavy atom. The molecular weight excluding hydrogens is 198 g/mol. The molecule has 4 nitrogen and oxygen atoms in total. The summed E-state index contributed by atoms with van der Waals surface area (Å²) in [7, 11) is 0. The van der Waals surface area contributed by atoms with Gasteiger partial charge in [0.15, 0.2) is 0 Å². The van der Waals surface area contributed by atoms with Gasteiger partial charge in [-0.1, -0.05) is 0 Å². The summed E-state index contributed by atoms with van der Waals surface area (Å²) in [4.78, 5) is 11.6. The minimum atomic E-state index is -0.215. The predicted octanol–water partition coefficient (Wildman–Crippen LogP) is 1.50. The molecule has 2 aromatic heterocycles. The van der Waals surface area contributed by atoms with Crippen LogP contribution in [-0.4, -0.2) is 15.7 Å². The highest BCUT2D eigenvalue weighted by Crippen LogP contribution is 2.08. The van der Waals surface area contributed by atoms with E-state index in [0.29, 0.717) is 11.1 Å². The number of hydrogen-bond donors (Lipinski definition) is 0. The smallest absolute Gasteiger partial charge is 0.267 e. The highest BCUT2D eigenvalue weighted by atomic mass is 32.1. The first-order chi connectivity index (χ1) is 6.81. The maximum absolute atomic E-state index is 11.6. The molecule has 68 valence electrons. The van der Waals surface area contributed by atoms with E-state index in [0.717, 1.165) is 0 Å². The fourth-order valence-electron chi connectivity index (χ4n) is 1.01. The van der Waals surface area contributed by atoms with Gasteiger partial charge in [-0.05, 0) is 11.4 Å². The summed E-state index contributed by atoms with van der Waals surface area (Å²) in [6.45, 7) is 0. The van der Waals surface area contributed by atoms with Crippen molar-refractivity contribution >= 4 is 17.2 Å². The fraction of sp³-hybridized carbons (Fsp3) is 0. The third-order valence-corrected chi connectivity index (χ3v) is 2.37. The van der Waals surface area contributed by atoms with Crippen LogP contribution in [0.3, 0.4) is 0 Å². The summed E-state index contributed by atoms with van der Waals surface area (Å²) in [5.41, 5.74) is 0.969. The molecule has 2 aromatic rings. The Hall–Kier alpha value is -1.93. The summed E-state index contributed by atoms with van der Waals surface area (Å²) in [5.74, 6) is -0.215. The van der Waals surface area contributed by atoms with Crippen LogP contribution in [0.25, 0.3) is 0 Å². The molecule has 0 saturated carbocycles. The lowest BCUT2D eigenvalue weighted by molar-refractivity contribution is 0.0945. The highest BCUT2D eigenvalue weighted by Gasteiger charge is 2.09. The van der Waals surface area contributed by atoms with E-state index in [1.165, 1.54) is 28.4 Å². The van der Waals surface area contributed by atoms with E-state index >= 15 is 0 Å². The van der Waals surface area contributed by atoms with Crippen molar-refractivity contribution in [2.75, 3.05) is 0 Å². The SMILES string of the molecule is N#Cc1cnn(C(=O)c2ccsc2)c1. The molecule has 0 radical (unpaired) electrons. The Morgan fingerprint density at radius 3 is 3.07 bits per heavy atom. The first-order valence-corrected chi connectivity index (χ1v) is 4.77. The molecule has 2 heterocycles. The molecule has 0 aliphatic heterocycles. The van der Waals surface area contributed by atoms with Gasteiger partial charge in [0.25, 0.3) is 5.91 Å². The molecular formula is C9H5N3OS. The van der Waals surface area contributed by atoms with Crippen molar-refractivity contribution in [3.8, 4) is 6.07 Å². The molecule has 0 aromatic carbocycles. The van der Waals surface area contributed by atoms with Crippen LogP contribution in [0.1, 0.15) is 15.9 Å². The number of carbonyl (C=O) groups excluding carboxylic acids is 1. The largest absolute Gasteiger partial charge is 0.279 e. The molecule has 14 heavy (non-hydrogen) atoms. The van der Waals surface area contributed by atoms with Gasteiger partial charge in [-0.15, -0.1) is 0 Å². The van der Waals surface area contributed by atoms with E-state index in [1.54, 1.807) is 11.4 Å². The lowest BCUT2D eigenvalue weighted by Crippen LogP contribution is -2.11. The number of carbonyl (C=O) groups is 1. The third kappa shape index (κ3) is 1.43. The van der Waals surface area contributed by atoms with Crippen LogP contribution in [0.2, 0.25) is 0 Å². The van der Waals surface area contributed by atoms with Crippen LogP contribution < -0.4 is 0 Å². The normalized spacial score (nSPS) is 9.64. The summed E-state index contributed by atoms with van der Waals surface area (Å²) in [6, 6.07) is 3.64. The standard InChI is InChI=1S/C9H5N3OS/c10-3-7-4-11-12(5-7)9(13)8-1-2-14-6-8/h1-2,4-6H. The van der Waals surface area contributed by atoms with Gasteiger partial charge in [-0.25, -0.2) is 4.68 Å². The zero-order chi connectivity index (χ0) is 9.97. The molecule has 0 unspecified atom stereocenters. The number of thiophene rings is 1. The van der Waals surface area contributed by atoms with Crippen molar-refractivity contribution in [3.63, 3.8) is 0 Å². The number of nitrogens with zero attached hydrogens (tertiary/aromatic N) is 3. The third-order valence-electron chi connectivity index (χ3n) is 1.69. The first-order valence-electron chi connectivity index (χ1n) is 3.83. The van der Waals surface area contributed by atoms with Gasteiger partial charge >= 0.3 is 0 Å². The van der Waals surface area contributed by atoms with Gasteiger partial charge in [-0.2, -0.15) is 21.7 Å². The van der Waals surface area contributed by atoms with Gasteiger partial charge < -0.3 is 0 Å². The zero-order valence-corrected chi connectivity index (χ0v) is 7.86. The number of rotatable bonds is 1. The number of nitriles is 1. The number of aromatic nitrogens is 2. The molecule has 0 spiro atoms. The Labute approximate surface area is 84.0 Å². The molecule has 0 amide bonds. The van der Waals surface area contributed by atoms with Gasteiger partial charge in [0.1, 0.15) is 6.07 Å². The van der Waals surface area contributed by atoms with Crippen molar-refractivity contribution in [1.82, 2.24) is 9.78 Å². The average molecular weight is 203 g/mol. The lowest BCUT2D eigenvalue weighted by Gasteiger charge is -1.94. The lowest BCUT2D eigenvalue weighted by atomic mass is 10.3. The van der Waals surface area contributed by atoms with E-state index in [9.17, 15) is 4.79 Å². The topological polar surface area (TPSA) is 58.7 Å². The molecule has 0 fully saturated rings. The van der Waals surface area contributed by atoms with E-state index < -0.39 is 0 Å². The Balaban J connectivity index is 2.33. The van der Waals surface area contributed by atoms with E-state index in [4.69, 9.17) is 5.26 Å². The van der Waals surface area contributed by atoms with Crippen LogP contribution in [0, 0.1) is 11.3 Å². The molecule has 0 saturated heterocycles. The van der Waals surface area contributed by atoms with Crippen LogP contribution in [0.15, 0.2) is 29.2 Å². The summed E-state index contributed by atoms with van der Waals surface area (Å²) >= 11 is 1.45. The minimum Gasteiger partial charge on any atom is -0.267 e. The molecule has 2 rings (SSSR count). The van der Waals surface area contributed by atoms with Gasteiger partial charge in [0.2, 0.25) is 0 Å². The van der Waals surface area contributed by atoms with Crippen molar-refractivity contribution in [2.24, 2.45) is 0 Å². The van der Waals surface area contributed by atoms with Gasteiger partial charge in [0.05, 0.1) is 23.5 Å². The maximum Gasteiger partial charge on any atom is 0.279 e. The molecule has 0 N–H and O–H groups in total. The van der Waals surface area contributed by atoms with Crippen molar-refractivity contribution in [2.45, 2.75) is 0 Å². The molecule has 0 bridgehead atoms. The van der Waals surface area contributed by atoms with Crippen LogP contribution in [0.5, 0.6) is 0 Å². The highest BCUT2D eigenvalue weighted by molar-refractivity contribution is 7.08. The summed E-state index contributed by atoms with van der Waals surface area (Å²) in [5, 5.41) is 15.9.